The molecule has 4 heteroatoms. The maximum atomic E-state index is 12.2. The van der Waals surface area contributed by atoms with E-state index in [1.807, 2.05) is 58.0 Å². The second-order valence-electron chi connectivity index (χ2n) is 6.05. The van der Waals surface area contributed by atoms with Crippen LogP contribution in [-0.2, 0) is 0 Å². The molecule has 1 amide bonds. The minimum Gasteiger partial charge on any atom is -0.347 e. The number of nitrogens with one attached hydrogen (secondary N) is 1. The Hall–Kier alpha value is -1.87. The minimum absolute atomic E-state index is 0.212. The lowest BCUT2D eigenvalue weighted by molar-refractivity contribution is 0.0919. The van der Waals surface area contributed by atoms with Crippen LogP contribution in [0.25, 0.3) is 11.3 Å². The van der Waals surface area contributed by atoms with E-state index in [2.05, 4.69) is 10.3 Å². The first-order valence-electron chi connectivity index (χ1n) is 6.83. The van der Waals surface area contributed by atoms with Crippen LogP contribution in [0.3, 0.4) is 0 Å². The molecule has 1 aromatic heterocycles. The summed E-state index contributed by atoms with van der Waals surface area (Å²) in [5.41, 5.74) is 2.99. The lowest BCUT2D eigenvalue weighted by Crippen LogP contribution is -2.40. The smallest absolute Gasteiger partial charge is 0.254 e. The van der Waals surface area contributed by atoms with Crippen molar-refractivity contribution < 1.29 is 4.79 Å². The summed E-state index contributed by atoms with van der Waals surface area (Å²) in [5, 5.41) is 3.10. The van der Waals surface area contributed by atoms with Crippen molar-refractivity contribution in [1.29, 1.82) is 0 Å². The monoisotopic (exact) mass is 302 g/mol. The number of pyridine rings is 1. The lowest BCUT2D eigenvalue weighted by atomic mass is 10.0. The molecule has 1 N–H and O–H groups in total. The third-order valence-electron chi connectivity index (χ3n) is 3.00. The van der Waals surface area contributed by atoms with Crippen LogP contribution in [0.1, 0.15) is 36.7 Å². The first-order valence-corrected chi connectivity index (χ1v) is 7.21. The predicted octanol–water partition coefficient (Wildman–Crippen LogP) is 4.24. The summed E-state index contributed by atoms with van der Waals surface area (Å²) in [6.45, 7) is 7.79. The largest absolute Gasteiger partial charge is 0.347 e. The highest BCUT2D eigenvalue weighted by atomic mass is 35.5. The van der Waals surface area contributed by atoms with E-state index in [1.54, 1.807) is 6.07 Å². The first-order chi connectivity index (χ1) is 9.78. The van der Waals surface area contributed by atoms with Gasteiger partial charge in [0.05, 0.1) is 11.3 Å². The number of benzene rings is 1. The van der Waals surface area contributed by atoms with Crippen LogP contribution >= 0.6 is 11.6 Å². The molecule has 2 rings (SSSR count). The maximum Gasteiger partial charge on any atom is 0.254 e. The average molecular weight is 303 g/mol. The van der Waals surface area contributed by atoms with Gasteiger partial charge < -0.3 is 5.32 Å². The van der Waals surface area contributed by atoms with Gasteiger partial charge in [-0.1, -0.05) is 35.9 Å². The summed E-state index contributed by atoms with van der Waals surface area (Å²) in [7, 11) is 0. The van der Waals surface area contributed by atoms with Crippen LogP contribution in [0.5, 0.6) is 0 Å². The molecule has 0 atom stereocenters. The summed E-state index contributed by atoms with van der Waals surface area (Å²) in [6, 6.07) is 11.5. The molecule has 21 heavy (non-hydrogen) atoms. The third kappa shape index (κ3) is 3.82. The van der Waals surface area contributed by atoms with Crippen molar-refractivity contribution in [2.45, 2.75) is 33.2 Å². The number of hydrogen-bond acceptors (Lipinski definition) is 2. The maximum absolute atomic E-state index is 12.2. The quantitative estimate of drug-likeness (QED) is 0.843. The van der Waals surface area contributed by atoms with Gasteiger partial charge in [-0.25, -0.2) is 4.98 Å². The highest BCUT2D eigenvalue weighted by Crippen LogP contribution is 2.24. The predicted molar refractivity (Wildman–Crippen MR) is 86.6 cm³/mol. The van der Waals surface area contributed by atoms with Gasteiger partial charge in [-0.15, -0.1) is 0 Å². The molecule has 0 aliphatic carbocycles. The zero-order valence-electron chi connectivity index (χ0n) is 12.7. The molecule has 2 aromatic rings. The molecular weight excluding hydrogens is 284 g/mol. The van der Waals surface area contributed by atoms with Crippen molar-refractivity contribution in [3.8, 4) is 11.3 Å². The van der Waals surface area contributed by atoms with Gasteiger partial charge in [0.2, 0.25) is 0 Å². The fraction of sp³-hybridized carbons (Fsp3) is 0.294. The van der Waals surface area contributed by atoms with Gasteiger partial charge in [0.25, 0.3) is 5.91 Å². The van der Waals surface area contributed by atoms with E-state index in [4.69, 9.17) is 11.6 Å². The Morgan fingerprint density at radius 2 is 1.81 bits per heavy atom. The fourth-order valence-electron chi connectivity index (χ4n) is 2.02. The van der Waals surface area contributed by atoms with Gasteiger partial charge in [-0.2, -0.15) is 0 Å². The van der Waals surface area contributed by atoms with Gasteiger partial charge in [0, 0.05) is 11.1 Å². The summed E-state index contributed by atoms with van der Waals surface area (Å²) in [5.74, 6) is -0.212. The third-order valence-corrected chi connectivity index (χ3v) is 3.29. The Balaban J connectivity index is 2.34. The standard InChI is InChI=1S/C17H19ClN2O/c1-11-7-5-6-8-12(11)14-10-9-13(15(18)19-14)16(21)20-17(2,3)4/h5-10H,1-4H3,(H,20,21). The molecule has 1 aromatic carbocycles. The molecule has 0 spiro atoms. The SMILES string of the molecule is Cc1ccccc1-c1ccc(C(=O)NC(C)(C)C)c(Cl)n1. The van der Waals surface area contributed by atoms with Gasteiger partial charge >= 0.3 is 0 Å². The van der Waals surface area contributed by atoms with E-state index in [0.717, 1.165) is 16.8 Å². The molecule has 0 aliphatic rings. The number of hydrogen-bond donors (Lipinski definition) is 1. The van der Waals surface area contributed by atoms with Crippen LogP contribution in [0.4, 0.5) is 0 Å². The van der Waals surface area contributed by atoms with E-state index >= 15 is 0 Å². The average Bonchev–Trinajstić information content (AvgIpc) is 2.37. The highest BCUT2D eigenvalue weighted by Gasteiger charge is 2.18. The van der Waals surface area contributed by atoms with E-state index in [9.17, 15) is 4.79 Å². The van der Waals surface area contributed by atoms with Crippen LogP contribution in [0, 0.1) is 6.92 Å². The molecule has 0 radical (unpaired) electrons. The number of carbonyl (C=O) groups is 1. The summed E-state index contributed by atoms with van der Waals surface area (Å²) in [6.07, 6.45) is 0. The van der Waals surface area contributed by atoms with E-state index in [-0.39, 0.29) is 16.6 Å². The zero-order chi connectivity index (χ0) is 15.6. The van der Waals surface area contributed by atoms with E-state index in [0.29, 0.717) is 5.56 Å². The lowest BCUT2D eigenvalue weighted by Gasteiger charge is -2.20. The van der Waals surface area contributed by atoms with Crippen molar-refractivity contribution in [2.75, 3.05) is 0 Å². The molecule has 0 fully saturated rings. The highest BCUT2D eigenvalue weighted by molar-refractivity contribution is 6.32. The van der Waals surface area contributed by atoms with Gasteiger partial charge in [0.1, 0.15) is 5.15 Å². The van der Waals surface area contributed by atoms with E-state index in [1.165, 1.54) is 0 Å². The summed E-state index contributed by atoms with van der Waals surface area (Å²) < 4.78 is 0. The Morgan fingerprint density at radius 3 is 2.38 bits per heavy atom. The van der Waals surface area contributed by atoms with Gasteiger partial charge in [-0.05, 0) is 45.4 Å². The second-order valence-corrected chi connectivity index (χ2v) is 6.41. The first kappa shape index (κ1) is 15.5. The van der Waals surface area contributed by atoms with E-state index < -0.39 is 0 Å². The van der Waals surface area contributed by atoms with Crippen LogP contribution < -0.4 is 5.32 Å². The number of rotatable bonds is 2. The van der Waals surface area contributed by atoms with Crippen LogP contribution in [0.15, 0.2) is 36.4 Å². The fourth-order valence-corrected chi connectivity index (χ4v) is 2.26. The van der Waals surface area contributed by atoms with Gasteiger partial charge in [-0.3, -0.25) is 4.79 Å². The van der Waals surface area contributed by atoms with Crippen LogP contribution in [0.2, 0.25) is 5.15 Å². The van der Waals surface area contributed by atoms with Crippen molar-refractivity contribution in [1.82, 2.24) is 10.3 Å². The summed E-state index contributed by atoms with van der Waals surface area (Å²) >= 11 is 6.18. The number of amides is 1. The molecule has 3 nitrogen and oxygen atoms in total. The number of aryl methyl sites for hydroxylation is 1. The minimum atomic E-state index is -0.310. The second kappa shape index (κ2) is 5.86. The van der Waals surface area contributed by atoms with Crippen molar-refractivity contribution in [3.05, 3.63) is 52.7 Å². The molecule has 1 heterocycles. The molecule has 0 bridgehead atoms. The topological polar surface area (TPSA) is 42.0 Å². The number of nitrogens with zero attached hydrogens (tertiary/aromatic N) is 1. The number of carbonyl (C=O) groups excluding carboxylic acids is 1. The van der Waals surface area contributed by atoms with Crippen molar-refractivity contribution in [3.63, 3.8) is 0 Å². The molecule has 110 valence electrons. The Morgan fingerprint density at radius 1 is 1.14 bits per heavy atom. The molecule has 0 saturated heterocycles. The van der Waals surface area contributed by atoms with Crippen LogP contribution in [-0.4, -0.2) is 16.4 Å². The normalized spacial score (nSPS) is 11.3. The molecule has 0 saturated carbocycles. The number of aromatic nitrogens is 1. The van der Waals surface area contributed by atoms with Gasteiger partial charge in [0.15, 0.2) is 0 Å². The summed E-state index contributed by atoms with van der Waals surface area (Å²) in [4.78, 5) is 16.5. The zero-order valence-corrected chi connectivity index (χ0v) is 13.5. The van der Waals surface area contributed by atoms with Crippen molar-refractivity contribution >= 4 is 17.5 Å². The Labute approximate surface area is 130 Å². The Bertz CT molecular complexity index is 675. The molecule has 0 aliphatic heterocycles. The molecule has 0 unspecified atom stereocenters. The Kier molecular flexibility index (Phi) is 4.33. The van der Waals surface area contributed by atoms with Crippen molar-refractivity contribution in [2.24, 2.45) is 0 Å². The number of halogens is 1. The molecular formula is C17H19ClN2O.